The van der Waals surface area contributed by atoms with Gasteiger partial charge >= 0.3 is 5.97 Å². The fourth-order valence-corrected chi connectivity index (χ4v) is 3.89. The monoisotopic (exact) mass is 393 g/mol. The van der Waals surface area contributed by atoms with Crippen LogP contribution in [0.2, 0.25) is 0 Å². The molecule has 1 aromatic carbocycles. The Labute approximate surface area is 169 Å². The maximum atomic E-state index is 12.9. The number of rotatable bonds is 7. The number of hydrogen-bond donors (Lipinski definition) is 0. The van der Waals surface area contributed by atoms with Gasteiger partial charge in [0.1, 0.15) is 17.7 Å². The van der Waals surface area contributed by atoms with Crippen molar-refractivity contribution in [1.29, 1.82) is 0 Å². The molecule has 0 saturated heterocycles. The molecule has 4 rings (SSSR count). The van der Waals surface area contributed by atoms with Crippen molar-refractivity contribution in [3.63, 3.8) is 0 Å². The van der Waals surface area contributed by atoms with E-state index in [1.165, 1.54) is 0 Å². The van der Waals surface area contributed by atoms with Crippen LogP contribution in [0.25, 0.3) is 22.4 Å². The van der Waals surface area contributed by atoms with Crippen LogP contribution in [0.1, 0.15) is 43.0 Å². The minimum absolute atomic E-state index is 0.119. The van der Waals surface area contributed by atoms with E-state index in [4.69, 9.17) is 14.0 Å². The second kappa shape index (κ2) is 8.47. The van der Waals surface area contributed by atoms with Crippen molar-refractivity contribution < 1.29 is 23.6 Å². The van der Waals surface area contributed by atoms with Gasteiger partial charge in [-0.2, -0.15) is 0 Å². The summed E-state index contributed by atoms with van der Waals surface area (Å²) < 4.78 is 15.6. The summed E-state index contributed by atoms with van der Waals surface area (Å²) in [5.74, 6) is 0.476. The Balaban J connectivity index is 1.52. The first-order valence-electron chi connectivity index (χ1n) is 9.97. The number of esters is 1. The van der Waals surface area contributed by atoms with Crippen LogP contribution in [-0.2, 0) is 9.53 Å². The van der Waals surface area contributed by atoms with E-state index in [2.05, 4.69) is 5.16 Å². The Morgan fingerprint density at radius 1 is 1.07 bits per heavy atom. The Morgan fingerprint density at radius 2 is 1.83 bits per heavy atom. The van der Waals surface area contributed by atoms with Crippen LogP contribution in [0.3, 0.4) is 0 Å². The fourth-order valence-electron chi connectivity index (χ4n) is 3.89. The molecule has 0 amide bonds. The van der Waals surface area contributed by atoms with E-state index in [0.717, 1.165) is 42.4 Å². The number of benzene rings is 1. The van der Waals surface area contributed by atoms with Crippen LogP contribution in [0.5, 0.6) is 5.75 Å². The van der Waals surface area contributed by atoms with Gasteiger partial charge in [-0.3, -0.25) is 4.79 Å². The van der Waals surface area contributed by atoms with E-state index >= 15 is 0 Å². The molecule has 2 aliphatic carbocycles. The van der Waals surface area contributed by atoms with Crippen molar-refractivity contribution in [3.8, 4) is 28.1 Å². The van der Waals surface area contributed by atoms with Gasteiger partial charge in [0, 0.05) is 28.2 Å². The highest BCUT2D eigenvalue weighted by atomic mass is 16.6. The summed E-state index contributed by atoms with van der Waals surface area (Å²) in [5, 5.41) is 4.17. The zero-order valence-electron chi connectivity index (χ0n) is 16.3. The van der Waals surface area contributed by atoms with Crippen molar-refractivity contribution in [3.05, 3.63) is 48.2 Å². The molecule has 1 aliphatic heterocycles. The molecule has 0 atom stereocenters. The number of fused-ring (bicyclic) bond motifs is 1. The number of carbonyl (C=O) groups excluding carboxylic acids is 2. The van der Waals surface area contributed by atoms with Gasteiger partial charge in [-0.05, 0) is 50.1 Å². The van der Waals surface area contributed by atoms with Crippen molar-refractivity contribution in [2.24, 2.45) is 5.92 Å². The van der Waals surface area contributed by atoms with Gasteiger partial charge in [-0.1, -0.05) is 24.1 Å². The average molecular weight is 393 g/mol. The van der Waals surface area contributed by atoms with Gasteiger partial charge < -0.3 is 14.0 Å². The number of carbonyl (C=O) groups is 2. The fraction of sp³-hybridized carbons (Fsp3) is 0.348. The lowest BCUT2D eigenvalue weighted by atomic mass is 9.94. The van der Waals surface area contributed by atoms with E-state index in [9.17, 15) is 9.59 Å². The lowest BCUT2D eigenvalue weighted by molar-refractivity contribution is -0.145. The quantitative estimate of drug-likeness (QED) is 0.425. The Kier molecular flexibility index (Phi) is 5.60. The number of ketones is 1. The first-order valence-corrected chi connectivity index (χ1v) is 9.97. The lowest BCUT2D eigenvalue weighted by Gasteiger charge is -2.11. The smallest absolute Gasteiger partial charge is 0.344 e. The summed E-state index contributed by atoms with van der Waals surface area (Å²) in [5.41, 5.74) is 3.92. The number of aromatic nitrogens is 1. The van der Waals surface area contributed by atoms with Crippen molar-refractivity contribution in [2.75, 3.05) is 13.2 Å². The lowest BCUT2D eigenvalue weighted by Crippen LogP contribution is -2.14. The van der Waals surface area contributed by atoms with E-state index in [0.29, 0.717) is 23.6 Å². The molecule has 1 fully saturated rings. The molecule has 0 unspecified atom stereocenters. The van der Waals surface area contributed by atoms with Crippen LogP contribution in [0.4, 0.5) is 0 Å². The number of hydrogen-bond acceptors (Lipinski definition) is 6. The van der Waals surface area contributed by atoms with Gasteiger partial charge in [0.2, 0.25) is 0 Å². The van der Waals surface area contributed by atoms with E-state index in [1.54, 1.807) is 25.3 Å². The standard InChI is InChI=1S/C23H23NO5/c1-2-27-21(25)14-28-17-9-7-15(8-10-17)22-18-11-12-19(20(18)13-29-24-22)23(26)16-5-3-4-6-16/h7-13,16H,2-6,14H2,1H3. The zero-order valence-corrected chi connectivity index (χ0v) is 16.3. The topological polar surface area (TPSA) is 78.6 Å². The molecule has 0 radical (unpaired) electrons. The maximum absolute atomic E-state index is 12.9. The summed E-state index contributed by atoms with van der Waals surface area (Å²) in [4.78, 5) is 24.3. The van der Waals surface area contributed by atoms with Gasteiger partial charge in [0.15, 0.2) is 12.4 Å². The zero-order chi connectivity index (χ0) is 20.2. The second-order valence-electron chi connectivity index (χ2n) is 7.20. The number of nitrogens with zero attached hydrogens (tertiary/aromatic N) is 1. The molecule has 6 nitrogen and oxygen atoms in total. The molecule has 1 aromatic rings. The molecule has 0 spiro atoms. The summed E-state index contributed by atoms with van der Waals surface area (Å²) >= 11 is 0. The molecule has 0 bridgehead atoms. The first kappa shape index (κ1) is 19.2. The van der Waals surface area contributed by atoms with Crippen molar-refractivity contribution in [1.82, 2.24) is 5.16 Å². The maximum Gasteiger partial charge on any atom is 0.344 e. The summed E-state index contributed by atoms with van der Waals surface area (Å²) in [6.45, 7) is 1.94. The van der Waals surface area contributed by atoms with Crippen molar-refractivity contribution >= 4 is 11.8 Å². The summed E-state index contributed by atoms with van der Waals surface area (Å²) in [7, 11) is 0. The van der Waals surface area contributed by atoms with E-state index in [-0.39, 0.29) is 18.3 Å². The minimum Gasteiger partial charge on any atom is -0.482 e. The van der Waals surface area contributed by atoms with Crippen LogP contribution < -0.4 is 4.74 Å². The Morgan fingerprint density at radius 3 is 2.55 bits per heavy atom. The molecule has 0 N–H and O–H groups in total. The summed E-state index contributed by atoms with van der Waals surface area (Å²) in [6, 6.07) is 11.0. The number of ether oxygens (including phenoxy) is 2. The highest BCUT2D eigenvalue weighted by molar-refractivity contribution is 6.06. The second-order valence-corrected chi connectivity index (χ2v) is 7.20. The highest BCUT2D eigenvalue weighted by Crippen LogP contribution is 2.38. The molecule has 1 saturated carbocycles. The molecule has 3 aliphatic rings. The van der Waals surface area contributed by atoms with Crippen LogP contribution >= 0.6 is 0 Å². The average Bonchev–Trinajstić information content (AvgIpc) is 3.42. The minimum atomic E-state index is -0.405. The first-order chi connectivity index (χ1) is 14.2. The van der Waals surface area contributed by atoms with Gasteiger partial charge in [-0.25, -0.2) is 4.79 Å². The Bertz CT molecular complexity index is 969. The number of Topliss-reactive ketones (excluding diaryl/α,β-unsaturated/α-hetero) is 1. The van der Waals surface area contributed by atoms with E-state index < -0.39 is 5.97 Å². The highest BCUT2D eigenvalue weighted by Gasteiger charge is 2.28. The van der Waals surface area contributed by atoms with Gasteiger partial charge in [-0.15, -0.1) is 0 Å². The molecule has 29 heavy (non-hydrogen) atoms. The predicted molar refractivity (Wildman–Crippen MR) is 107 cm³/mol. The van der Waals surface area contributed by atoms with Crippen molar-refractivity contribution in [2.45, 2.75) is 32.6 Å². The van der Waals surface area contributed by atoms with Crippen LogP contribution in [0.15, 0.2) is 47.2 Å². The molecular formula is C23H23NO5. The van der Waals surface area contributed by atoms with E-state index in [1.807, 2.05) is 24.3 Å². The third kappa shape index (κ3) is 4.01. The molecule has 1 heterocycles. The Hall–Kier alpha value is -3.15. The third-order valence-electron chi connectivity index (χ3n) is 5.35. The van der Waals surface area contributed by atoms with Gasteiger partial charge in [0.25, 0.3) is 0 Å². The molecule has 150 valence electrons. The van der Waals surface area contributed by atoms with Crippen LogP contribution in [-0.4, -0.2) is 30.1 Å². The molecule has 6 heteroatoms. The predicted octanol–water partition coefficient (Wildman–Crippen LogP) is 4.76. The molecular weight excluding hydrogens is 370 g/mol. The SMILES string of the molecule is CCOC(=O)COc1ccc(-c2nocc3c(C(=O)C4CCCC4)ccc2-3)cc1. The third-order valence-corrected chi connectivity index (χ3v) is 5.35. The summed E-state index contributed by atoms with van der Waals surface area (Å²) in [6.07, 6.45) is 5.73. The van der Waals surface area contributed by atoms with Gasteiger partial charge in [0.05, 0.1) is 6.61 Å². The van der Waals surface area contributed by atoms with Crippen LogP contribution in [0, 0.1) is 5.92 Å². The largest absolute Gasteiger partial charge is 0.482 e. The normalized spacial score (nSPS) is 14.2. The molecule has 0 aromatic heterocycles.